The highest BCUT2D eigenvalue weighted by atomic mass is 35.5. The molecule has 0 aromatic carbocycles. The highest BCUT2D eigenvalue weighted by Crippen LogP contribution is 2.34. The molecule has 1 aliphatic carbocycles. The smallest absolute Gasteiger partial charge is 0.305 e. The summed E-state index contributed by atoms with van der Waals surface area (Å²) in [5.41, 5.74) is 1.50. The number of halogens is 1. The Bertz CT molecular complexity index is 662. The Morgan fingerprint density at radius 3 is 2.86 bits per heavy atom. The molecule has 112 valence electrons. The van der Waals surface area contributed by atoms with E-state index in [0.29, 0.717) is 17.5 Å². The second kappa shape index (κ2) is 6.02. The van der Waals surface area contributed by atoms with Crippen molar-refractivity contribution in [2.45, 2.75) is 51.0 Å². The fraction of sp³-hybridized carbons (Fsp3) is 0.533. The van der Waals surface area contributed by atoms with Crippen molar-refractivity contribution in [1.82, 2.24) is 14.5 Å². The number of nitrogens with zero attached hydrogens (tertiary/aromatic N) is 3. The molecule has 1 saturated carbocycles. The first-order valence-corrected chi connectivity index (χ1v) is 7.76. The molecule has 2 heterocycles. The van der Waals surface area contributed by atoms with Gasteiger partial charge in [0, 0.05) is 18.7 Å². The normalized spacial score (nSPS) is 16.4. The second-order valence-electron chi connectivity index (χ2n) is 5.60. The molecule has 0 bridgehead atoms. The van der Waals surface area contributed by atoms with E-state index >= 15 is 0 Å². The minimum atomic E-state index is -0.805. The maximum atomic E-state index is 10.9. The van der Waals surface area contributed by atoms with Gasteiger partial charge in [0.1, 0.15) is 11.3 Å². The number of rotatable bonds is 4. The fourth-order valence-electron chi connectivity index (χ4n) is 3.10. The van der Waals surface area contributed by atoms with Crippen LogP contribution in [0.3, 0.4) is 0 Å². The lowest BCUT2D eigenvalue weighted by atomic mass is 9.88. The van der Waals surface area contributed by atoms with Crippen molar-refractivity contribution >= 4 is 28.7 Å². The van der Waals surface area contributed by atoms with Gasteiger partial charge in [0.05, 0.1) is 11.4 Å². The van der Waals surface area contributed by atoms with E-state index in [0.717, 1.165) is 29.8 Å². The summed E-state index contributed by atoms with van der Waals surface area (Å²) in [6, 6.07) is 1.80. The third-order valence-corrected chi connectivity index (χ3v) is 4.31. The molecule has 0 saturated heterocycles. The van der Waals surface area contributed by atoms with E-state index < -0.39 is 5.97 Å². The van der Waals surface area contributed by atoms with E-state index in [4.69, 9.17) is 21.7 Å². The number of imidazole rings is 1. The standard InChI is InChI=1S/C15H18ClN3O2/c16-11-8-12-15(17-9-11)19(7-6-13(20)21)14(18-12)10-4-2-1-3-5-10/h8-10H,1-7H2,(H,20,21). The molecule has 3 rings (SSSR count). The van der Waals surface area contributed by atoms with Gasteiger partial charge in [-0.15, -0.1) is 0 Å². The number of aromatic nitrogens is 3. The Labute approximate surface area is 128 Å². The summed E-state index contributed by atoms with van der Waals surface area (Å²) in [6.07, 6.45) is 7.59. The van der Waals surface area contributed by atoms with Gasteiger partial charge in [-0.2, -0.15) is 0 Å². The number of aryl methyl sites for hydroxylation is 1. The zero-order chi connectivity index (χ0) is 14.8. The SMILES string of the molecule is O=C(O)CCn1c(C2CCCCC2)nc2cc(Cl)cnc21. The molecule has 0 radical (unpaired) electrons. The molecule has 2 aromatic heterocycles. The van der Waals surface area contributed by atoms with E-state index in [2.05, 4.69) is 4.98 Å². The third-order valence-electron chi connectivity index (χ3n) is 4.10. The number of hydrogen-bond acceptors (Lipinski definition) is 3. The van der Waals surface area contributed by atoms with Crippen molar-refractivity contribution in [2.75, 3.05) is 0 Å². The molecule has 0 unspecified atom stereocenters. The molecular weight excluding hydrogens is 290 g/mol. The first-order valence-electron chi connectivity index (χ1n) is 7.38. The van der Waals surface area contributed by atoms with Gasteiger partial charge in [-0.1, -0.05) is 30.9 Å². The van der Waals surface area contributed by atoms with Crippen LogP contribution in [0.15, 0.2) is 12.3 Å². The Morgan fingerprint density at radius 1 is 1.38 bits per heavy atom. The number of pyridine rings is 1. The van der Waals surface area contributed by atoms with Crippen LogP contribution in [-0.2, 0) is 11.3 Å². The van der Waals surface area contributed by atoms with Gasteiger partial charge in [-0.25, -0.2) is 9.97 Å². The molecule has 0 spiro atoms. The molecule has 1 fully saturated rings. The summed E-state index contributed by atoms with van der Waals surface area (Å²) < 4.78 is 1.97. The van der Waals surface area contributed by atoms with Crippen LogP contribution in [0, 0.1) is 0 Å². The van der Waals surface area contributed by atoms with Crippen LogP contribution in [0.25, 0.3) is 11.2 Å². The minimum Gasteiger partial charge on any atom is -0.481 e. The van der Waals surface area contributed by atoms with Crippen molar-refractivity contribution in [3.8, 4) is 0 Å². The van der Waals surface area contributed by atoms with Crippen molar-refractivity contribution in [2.24, 2.45) is 0 Å². The van der Waals surface area contributed by atoms with Crippen molar-refractivity contribution in [3.05, 3.63) is 23.1 Å². The van der Waals surface area contributed by atoms with Gasteiger partial charge in [-0.3, -0.25) is 4.79 Å². The van der Waals surface area contributed by atoms with Gasteiger partial charge in [0.2, 0.25) is 0 Å². The quantitative estimate of drug-likeness (QED) is 0.937. The highest BCUT2D eigenvalue weighted by Gasteiger charge is 2.23. The van der Waals surface area contributed by atoms with Gasteiger partial charge in [0.25, 0.3) is 0 Å². The first kappa shape index (κ1) is 14.3. The maximum absolute atomic E-state index is 10.9. The lowest BCUT2D eigenvalue weighted by Gasteiger charge is -2.21. The topological polar surface area (TPSA) is 68.0 Å². The van der Waals surface area contributed by atoms with Gasteiger partial charge >= 0.3 is 5.97 Å². The summed E-state index contributed by atoms with van der Waals surface area (Å²) in [5.74, 6) is 0.571. The summed E-state index contributed by atoms with van der Waals surface area (Å²) >= 11 is 5.99. The lowest BCUT2D eigenvalue weighted by Crippen LogP contribution is -2.14. The highest BCUT2D eigenvalue weighted by molar-refractivity contribution is 6.31. The maximum Gasteiger partial charge on any atom is 0.305 e. The van der Waals surface area contributed by atoms with E-state index in [9.17, 15) is 4.79 Å². The van der Waals surface area contributed by atoms with Crippen molar-refractivity contribution in [3.63, 3.8) is 0 Å². The Kier molecular flexibility index (Phi) is 4.10. The van der Waals surface area contributed by atoms with Crippen LogP contribution in [0.4, 0.5) is 0 Å². The van der Waals surface area contributed by atoms with Crippen molar-refractivity contribution < 1.29 is 9.90 Å². The van der Waals surface area contributed by atoms with Crippen LogP contribution in [0.5, 0.6) is 0 Å². The Balaban J connectivity index is 2.02. The van der Waals surface area contributed by atoms with Crippen LogP contribution in [-0.4, -0.2) is 25.6 Å². The van der Waals surface area contributed by atoms with E-state index in [1.54, 1.807) is 12.3 Å². The monoisotopic (exact) mass is 307 g/mol. The molecule has 2 aromatic rings. The molecule has 1 aliphatic rings. The molecule has 0 aliphatic heterocycles. The first-order chi connectivity index (χ1) is 10.1. The molecule has 0 atom stereocenters. The fourth-order valence-corrected chi connectivity index (χ4v) is 3.26. The van der Waals surface area contributed by atoms with E-state index in [1.165, 1.54) is 19.3 Å². The van der Waals surface area contributed by atoms with Gasteiger partial charge < -0.3 is 9.67 Å². The van der Waals surface area contributed by atoms with Crippen LogP contribution < -0.4 is 0 Å². The zero-order valence-corrected chi connectivity index (χ0v) is 12.5. The summed E-state index contributed by atoms with van der Waals surface area (Å²) in [5, 5.41) is 9.51. The number of hydrogen-bond donors (Lipinski definition) is 1. The number of carbonyl (C=O) groups is 1. The van der Waals surface area contributed by atoms with Crippen LogP contribution in [0.1, 0.15) is 50.3 Å². The minimum absolute atomic E-state index is 0.0789. The Morgan fingerprint density at radius 2 is 2.14 bits per heavy atom. The molecule has 6 heteroatoms. The van der Waals surface area contributed by atoms with Crippen LogP contribution in [0.2, 0.25) is 5.02 Å². The largest absolute Gasteiger partial charge is 0.481 e. The second-order valence-corrected chi connectivity index (χ2v) is 6.03. The molecule has 0 amide bonds. The number of fused-ring (bicyclic) bond motifs is 1. The zero-order valence-electron chi connectivity index (χ0n) is 11.8. The lowest BCUT2D eigenvalue weighted by molar-refractivity contribution is -0.137. The summed E-state index contributed by atoms with van der Waals surface area (Å²) in [7, 11) is 0. The van der Waals surface area contributed by atoms with Gasteiger partial charge in [-0.05, 0) is 18.9 Å². The molecule has 5 nitrogen and oxygen atoms in total. The molecule has 21 heavy (non-hydrogen) atoms. The summed E-state index contributed by atoms with van der Waals surface area (Å²) in [6.45, 7) is 0.409. The third kappa shape index (κ3) is 3.02. The van der Waals surface area contributed by atoms with Crippen LogP contribution >= 0.6 is 11.6 Å². The average Bonchev–Trinajstić information content (AvgIpc) is 2.83. The van der Waals surface area contributed by atoms with Crippen molar-refractivity contribution in [1.29, 1.82) is 0 Å². The average molecular weight is 308 g/mol. The predicted octanol–water partition coefficient (Wildman–Crippen LogP) is 3.61. The number of carboxylic acid groups (broad SMARTS) is 1. The Hall–Kier alpha value is -1.62. The van der Waals surface area contributed by atoms with E-state index in [-0.39, 0.29) is 6.42 Å². The summed E-state index contributed by atoms with van der Waals surface area (Å²) in [4.78, 5) is 19.9. The molecular formula is C15H18ClN3O2. The number of carboxylic acids is 1. The number of aliphatic carboxylic acids is 1. The van der Waals surface area contributed by atoms with E-state index in [1.807, 2.05) is 4.57 Å². The van der Waals surface area contributed by atoms with Gasteiger partial charge in [0.15, 0.2) is 5.65 Å². The predicted molar refractivity (Wildman–Crippen MR) is 80.6 cm³/mol. The molecule has 1 N–H and O–H groups in total.